The third kappa shape index (κ3) is 4.39. The van der Waals surface area contributed by atoms with Gasteiger partial charge in [0.25, 0.3) is 0 Å². The van der Waals surface area contributed by atoms with Crippen LogP contribution in [-0.2, 0) is 26.0 Å². The Kier molecular flexibility index (Phi) is 6.52. The molecule has 2 aromatic rings. The van der Waals surface area contributed by atoms with E-state index in [1.165, 1.54) is 6.07 Å². The highest BCUT2D eigenvalue weighted by molar-refractivity contribution is 7.92. The zero-order chi connectivity index (χ0) is 25.7. The molecule has 0 aliphatic carbocycles. The van der Waals surface area contributed by atoms with Crippen LogP contribution < -0.4 is 0 Å². The fourth-order valence-electron chi connectivity index (χ4n) is 3.52. The number of β-amino-alcohol motifs (C(OH)–C–C–N with tert-alkyl or cyclic N) is 1. The van der Waals surface area contributed by atoms with E-state index in [0.717, 1.165) is 0 Å². The molecule has 0 bridgehead atoms. The number of nitriles is 1. The van der Waals surface area contributed by atoms with Gasteiger partial charge >= 0.3 is 6.18 Å². The molecule has 8 nitrogen and oxygen atoms in total. The summed E-state index contributed by atoms with van der Waals surface area (Å²) < 4.78 is 118. The van der Waals surface area contributed by atoms with Gasteiger partial charge in [-0.1, -0.05) is 0 Å². The number of halogens is 5. The molecule has 0 saturated carbocycles. The Morgan fingerprint density at radius 1 is 1.09 bits per heavy atom. The molecular weight excluding hydrogens is 511 g/mol. The molecule has 3 rings (SSSR count). The van der Waals surface area contributed by atoms with Crippen molar-refractivity contribution in [2.24, 2.45) is 0 Å². The van der Waals surface area contributed by atoms with Crippen LogP contribution in [0.25, 0.3) is 0 Å². The van der Waals surface area contributed by atoms with Crippen molar-refractivity contribution in [2.75, 3.05) is 19.7 Å². The minimum atomic E-state index is -4.87. The van der Waals surface area contributed by atoms with Crippen LogP contribution in [0.4, 0.5) is 22.0 Å². The standard InChI is InChI=1S/C19H15F5N2O6S2/c20-14-3-2-13(6-15(14)21)33(29,30)17-8-26(9-18(17,28)10-27)34(31,32)16-4-1-12(19(22,23)24)5-11(16)7-25/h1-6,17,27-28H,8-10H2/t17-,18-/m0/s1. The molecule has 0 radical (unpaired) electrons. The maximum atomic E-state index is 13.6. The summed E-state index contributed by atoms with van der Waals surface area (Å²) in [6, 6.07) is 4.09. The predicted molar refractivity (Wildman–Crippen MR) is 104 cm³/mol. The first-order valence-corrected chi connectivity index (χ1v) is 12.2. The summed E-state index contributed by atoms with van der Waals surface area (Å²) in [6.07, 6.45) is -4.87. The molecule has 1 heterocycles. The van der Waals surface area contributed by atoms with Gasteiger partial charge in [0, 0.05) is 13.1 Å². The van der Waals surface area contributed by atoms with E-state index in [2.05, 4.69) is 0 Å². The van der Waals surface area contributed by atoms with E-state index in [1.54, 1.807) is 0 Å². The highest BCUT2D eigenvalue weighted by Gasteiger charge is 2.55. The van der Waals surface area contributed by atoms with Gasteiger partial charge in [0.15, 0.2) is 21.5 Å². The van der Waals surface area contributed by atoms with Crippen LogP contribution in [0.1, 0.15) is 11.1 Å². The Balaban J connectivity index is 2.06. The van der Waals surface area contributed by atoms with Gasteiger partial charge in [-0.15, -0.1) is 0 Å². The second kappa shape index (κ2) is 8.54. The minimum Gasteiger partial charge on any atom is -0.393 e. The molecule has 1 aliphatic rings. The molecule has 2 atom stereocenters. The van der Waals surface area contributed by atoms with Crippen molar-refractivity contribution >= 4 is 19.9 Å². The molecule has 15 heteroatoms. The third-order valence-corrected chi connectivity index (χ3v) is 9.45. The van der Waals surface area contributed by atoms with Gasteiger partial charge in [0.05, 0.1) is 27.5 Å². The molecule has 1 fully saturated rings. The van der Waals surface area contributed by atoms with E-state index >= 15 is 0 Å². The SMILES string of the molecule is N#Cc1cc(C(F)(F)F)ccc1S(=O)(=O)N1C[C@H](S(=O)(=O)c2ccc(F)c(F)c2)[C@@](O)(CO)C1. The molecule has 1 aliphatic heterocycles. The van der Waals surface area contributed by atoms with Crippen molar-refractivity contribution in [3.63, 3.8) is 0 Å². The van der Waals surface area contributed by atoms with E-state index < -0.39 is 89.1 Å². The number of alkyl halides is 3. The number of sulfonamides is 1. The quantitative estimate of drug-likeness (QED) is 0.444. The fourth-order valence-corrected chi connectivity index (χ4v) is 7.22. The lowest BCUT2D eigenvalue weighted by Crippen LogP contribution is -2.49. The number of hydrogen-bond donors (Lipinski definition) is 2. The van der Waals surface area contributed by atoms with Crippen LogP contribution in [0.2, 0.25) is 0 Å². The van der Waals surface area contributed by atoms with E-state index in [9.17, 15) is 54.3 Å². The summed E-state index contributed by atoms with van der Waals surface area (Å²) in [6.45, 7) is -3.26. The molecule has 0 spiro atoms. The fraction of sp³-hybridized carbons (Fsp3) is 0.316. The van der Waals surface area contributed by atoms with Crippen molar-refractivity contribution < 1.29 is 49.0 Å². The Labute approximate surface area is 190 Å². The Morgan fingerprint density at radius 3 is 2.26 bits per heavy atom. The van der Waals surface area contributed by atoms with E-state index in [0.29, 0.717) is 40.7 Å². The molecule has 34 heavy (non-hydrogen) atoms. The number of sulfone groups is 1. The summed E-state index contributed by atoms with van der Waals surface area (Å²) in [5.41, 5.74) is -4.78. The highest BCUT2D eigenvalue weighted by Crippen LogP contribution is 2.37. The molecule has 0 amide bonds. The van der Waals surface area contributed by atoms with E-state index in [4.69, 9.17) is 0 Å². The predicted octanol–water partition coefficient (Wildman–Crippen LogP) is 1.43. The van der Waals surface area contributed by atoms with Crippen LogP contribution in [0.5, 0.6) is 0 Å². The molecular formula is C19H15F5N2O6S2. The third-order valence-electron chi connectivity index (χ3n) is 5.33. The van der Waals surface area contributed by atoms with Gasteiger partial charge in [-0.3, -0.25) is 0 Å². The van der Waals surface area contributed by atoms with Crippen LogP contribution in [0, 0.1) is 23.0 Å². The topological polar surface area (TPSA) is 136 Å². The van der Waals surface area contributed by atoms with Gasteiger partial charge in [0.1, 0.15) is 16.9 Å². The zero-order valence-electron chi connectivity index (χ0n) is 16.8. The number of nitrogens with zero attached hydrogens (tertiary/aromatic N) is 2. The van der Waals surface area contributed by atoms with Gasteiger partial charge in [-0.05, 0) is 36.4 Å². The Hall–Kier alpha value is -2.64. The second-order valence-corrected chi connectivity index (χ2v) is 11.5. The first-order valence-electron chi connectivity index (χ1n) is 9.21. The molecule has 184 valence electrons. The second-order valence-electron chi connectivity index (χ2n) is 7.49. The Bertz CT molecular complexity index is 1390. The van der Waals surface area contributed by atoms with Crippen LogP contribution >= 0.6 is 0 Å². The monoisotopic (exact) mass is 526 g/mol. The zero-order valence-corrected chi connectivity index (χ0v) is 18.4. The number of benzene rings is 2. The van der Waals surface area contributed by atoms with Gasteiger partial charge in [-0.25, -0.2) is 25.6 Å². The molecule has 1 saturated heterocycles. The van der Waals surface area contributed by atoms with E-state index in [1.807, 2.05) is 0 Å². The lowest BCUT2D eigenvalue weighted by Gasteiger charge is -2.26. The maximum absolute atomic E-state index is 13.6. The van der Waals surface area contributed by atoms with Gasteiger partial charge < -0.3 is 10.2 Å². The summed E-state index contributed by atoms with van der Waals surface area (Å²) in [7, 11) is -9.59. The van der Waals surface area contributed by atoms with Crippen molar-refractivity contribution in [3.8, 4) is 6.07 Å². The number of hydrogen-bond acceptors (Lipinski definition) is 7. The van der Waals surface area contributed by atoms with E-state index in [-0.39, 0.29) is 0 Å². The van der Waals surface area contributed by atoms with Crippen LogP contribution in [0.15, 0.2) is 46.2 Å². The number of rotatable bonds is 5. The maximum Gasteiger partial charge on any atom is 0.416 e. The lowest BCUT2D eigenvalue weighted by atomic mass is 10.1. The minimum absolute atomic E-state index is 0.302. The molecule has 2 aromatic carbocycles. The van der Waals surface area contributed by atoms with Crippen LogP contribution in [-0.4, -0.2) is 61.9 Å². The molecule has 0 unspecified atom stereocenters. The average molecular weight is 526 g/mol. The van der Waals surface area contributed by atoms with Crippen LogP contribution in [0.3, 0.4) is 0 Å². The average Bonchev–Trinajstić information content (AvgIpc) is 3.14. The first-order chi connectivity index (χ1) is 15.6. The Morgan fingerprint density at radius 2 is 1.74 bits per heavy atom. The highest BCUT2D eigenvalue weighted by atomic mass is 32.2. The van der Waals surface area contributed by atoms with Crippen molar-refractivity contribution in [3.05, 3.63) is 59.2 Å². The number of aliphatic hydroxyl groups excluding tert-OH is 1. The summed E-state index contributed by atoms with van der Waals surface area (Å²) in [5.74, 6) is -2.89. The summed E-state index contributed by atoms with van der Waals surface area (Å²) in [4.78, 5) is -1.68. The number of aliphatic hydroxyl groups is 2. The lowest BCUT2D eigenvalue weighted by molar-refractivity contribution is -0.137. The molecule has 0 aromatic heterocycles. The molecule has 2 N–H and O–H groups in total. The van der Waals surface area contributed by atoms with Gasteiger partial charge in [0.2, 0.25) is 10.0 Å². The van der Waals surface area contributed by atoms with Crippen molar-refractivity contribution in [1.82, 2.24) is 4.31 Å². The smallest absolute Gasteiger partial charge is 0.393 e. The van der Waals surface area contributed by atoms with Gasteiger partial charge in [-0.2, -0.15) is 22.7 Å². The van der Waals surface area contributed by atoms with Crippen molar-refractivity contribution in [2.45, 2.75) is 26.8 Å². The summed E-state index contributed by atoms with van der Waals surface area (Å²) in [5, 5.41) is 27.5. The summed E-state index contributed by atoms with van der Waals surface area (Å²) >= 11 is 0. The largest absolute Gasteiger partial charge is 0.416 e. The van der Waals surface area contributed by atoms with Crippen molar-refractivity contribution in [1.29, 1.82) is 5.26 Å². The first kappa shape index (κ1) is 26.0. The normalized spacial score (nSPS) is 22.0.